The third-order valence-corrected chi connectivity index (χ3v) is 3.10. The highest BCUT2D eigenvalue weighted by molar-refractivity contribution is 7.90. The summed E-state index contributed by atoms with van der Waals surface area (Å²) in [6.07, 6.45) is 1.81. The van der Waals surface area contributed by atoms with Crippen molar-refractivity contribution in [3.63, 3.8) is 0 Å². The van der Waals surface area contributed by atoms with Gasteiger partial charge in [-0.15, -0.1) is 0 Å². The minimum atomic E-state index is -2.91. The van der Waals surface area contributed by atoms with Crippen LogP contribution in [0.25, 0.3) is 0 Å². The molecule has 0 aromatic carbocycles. The molecule has 0 radical (unpaired) electrons. The summed E-state index contributed by atoms with van der Waals surface area (Å²) in [5.74, 6) is 0.138. The lowest BCUT2D eigenvalue weighted by atomic mass is 10.3. The van der Waals surface area contributed by atoms with Crippen molar-refractivity contribution in [2.45, 2.75) is 19.4 Å². The van der Waals surface area contributed by atoms with Crippen molar-refractivity contribution in [3.05, 3.63) is 0 Å². The van der Waals surface area contributed by atoms with Gasteiger partial charge in [0.2, 0.25) is 0 Å². The van der Waals surface area contributed by atoms with Gasteiger partial charge in [0, 0.05) is 25.9 Å². The van der Waals surface area contributed by atoms with E-state index in [1.807, 2.05) is 11.9 Å². The maximum atomic E-state index is 10.9. The van der Waals surface area contributed by atoms with E-state index < -0.39 is 15.9 Å². The molecule has 2 N–H and O–H groups in total. The van der Waals surface area contributed by atoms with Crippen molar-refractivity contribution in [1.82, 2.24) is 10.2 Å². The molecule has 16 heavy (non-hydrogen) atoms. The highest BCUT2D eigenvalue weighted by atomic mass is 32.2. The Balaban J connectivity index is 3.65. The van der Waals surface area contributed by atoms with Gasteiger partial charge < -0.3 is 15.3 Å². The Kier molecular flexibility index (Phi) is 7.91. The molecule has 5 nitrogen and oxygen atoms in total. The maximum Gasteiger partial charge on any atom is 0.148 e. The van der Waals surface area contributed by atoms with Gasteiger partial charge in [0.15, 0.2) is 0 Å². The number of rotatable bonds is 9. The molecule has 0 spiro atoms. The highest BCUT2D eigenvalue weighted by Crippen LogP contribution is 1.91. The van der Waals surface area contributed by atoms with Gasteiger partial charge in [0.1, 0.15) is 9.84 Å². The molecular formula is C10H24N2O3S. The molecule has 0 fully saturated rings. The zero-order valence-corrected chi connectivity index (χ0v) is 11.3. The average Bonchev–Trinajstić information content (AvgIpc) is 2.14. The molecule has 0 aromatic heterocycles. The molecule has 0 amide bonds. The van der Waals surface area contributed by atoms with Gasteiger partial charge in [-0.2, -0.15) is 0 Å². The van der Waals surface area contributed by atoms with Crippen molar-refractivity contribution in [3.8, 4) is 0 Å². The van der Waals surface area contributed by atoms with Crippen LogP contribution in [-0.4, -0.2) is 69.8 Å². The SMILES string of the molecule is CCCNCC(O)CN(C)CCS(C)(=O)=O. The van der Waals surface area contributed by atoms with E-state index in [1.165, 1.54) is 6.26 Å². The molecule has 98 valence electrons. The molecule has 1 unspecified atom stereocenters. The molecule has 0 bridgehead atoms. The molecule has 0 aliphatic rings. The first-order chi connectivity index (χ1) is 7.35. The topological polar surface area (TPSA) is 69.6 Å². The first-order valence-electron chi connectivity index (χ1n) is 5.60. The number of hydrogen-bond donors (Lipinski definition) is 2. The molecule has 1 atom stereocenters. The van der Waals surface area contributed by atoms with Crippen molar-refractivity contribution >= 4 is 9.84 Å². The van der Waals surface area contributed by atoms with E-state index in [4.69, 9.17) is 0 Å². The number of hydrogen-bond acceptors (Lipinski definition) is 5. The van der Waals surface area contributed by atoms with E-state index in [0.717, 1.165) is 13.0 Å². The Labute approximate surface area is 98.8 Å². The number of sulfone groups is 1. The number of nitrogens with one attached hydrogen (secondary N) is 1. The number of nitrogens with zero attached hydrogens (tertiary/aromatic N) is 1. The fourth-order valence-corrected chi connectivity index (χ4v) is 1.93. The molecular weight excluding hydrogens is 228 g/mol. The fourth-order valence-electron chi connectivity index (χ4n) is 1.28. The van der Waals surface area contributed by atoms with Crippen LogP contribution in [0, 0.1) is 0 Å². The molecule has 0 rings (SSSR count). The molecule has 0 aromatic rings. The third-order valence-electron chi connectivity index (χ3n) is 2.17. The summed E-state index contributed by atoms with van der Waals surface area (Å²) in [6.45, 7) is 4.47. The first kappa shape index (κ1) is 15.8. The smallest absolute Gasteiger partial charge is 0.148 e. The molecule has 0 saturated carbocycles. The van der Waals surface area contributed by atoms with Gasteiger partial charge >= 0.3 is 0 Å². The zero-order chi connectivity index (χ0) is 12.6. The summed E-state index contributed by atoms with van der Waals surface area (Å²) in [5, 5.41) is 12.7. The normalized spacial score (nSPS) is 14.3. The summed E-state index contributed by atoms with van der Waals surface area (Å²) in [5.41, 5.74) is 0. The molecule has 0 heterocycles. The average molecular weight is 252 g/mol. The van der Waals surface area contributed by atoms with E-state index >= 15 is 0 Å². The monoisotopic (exact) mass is 252 g/mol. The minimum absolute atomic E-state index is 0.138. The summed E-state index contributed by atoms with van der Waals surface area (Å²) in [4.78, 5) is 1.83. The summed E-state index contributed by atoms with van der Waals surface area (Å²) >= 11 is 0. The number of aliphatic hydroxyl groups is 1. The summed E-state index contributed by atoms with van der Waals surface area (Å²) < 4.78 is 21.9. The van der Waals surface area contributed by atoms with Crippen LogP contribution in [-0.2, 0) is 9.84 Å². The van der Waals surface area contributed by atoms with Crippen molar-refractivity contribution < 1.29 is 13.5 Å². The van der Waals surface area contributed by atoms with Gasteiger partial charge in [-0.05, 0) is 20.0 Å². The van der Waals surface area contributed by atoms with Crippen LogP contribution < -0.4 is 5.32 Å². The van der Waals surface area contributed by atoms with Gasteiger partial charge in [0.05, 0.1) is 11.9 Å². The van der Waals surface area contributed by atoms with Gasteiger partial charge in [-0.1, -0.05) is 6.92 Å². The highest BCUT2D eigenvalue weighted by Gasteiger charge is 2.10. The van der Waals surface area contributed by atoms with Crippen LogP contribution in [0.1, 0.15) is 13.3 Å². The van der Waals surface area contributed by atoms with Crippen molar-refractivity contribution in [1.29, 1.82) is 0 Å². The quantitative estimate of drug-likeness (QED) is 0.532. The molecule has 6 heteroatoms. The van der Waals surface area contributed by atoms with Crippen LogP contribution in [0.15, 0.2) is 0 Å². The van der Waals surface area contributed by atoms with Crippen LogP contribution in [0.4, 0.5) is 0 Å². The summed E-state index contributed by atoms with van der Waals surface area (Å²) in [6, 6.07) is 0. The van der Waals surface area contributed by atoms with Gasteiger partial charge in [-0.25, -0.2) is 8.42 Å². The van der Waals surface area contributed by atoms with E-state index in [9.17, 15) is 13.5 Å². The molecule has 0 aliphatic heterocycles. The van der Waals surface area contributed by atoms with E-state index in [1.54, 1.807) is 0 Å². The predicted molar refractivity (Wildman–Crippen MR) is 66.4 cm³/mol. The second kappa shape index (κ2) is 8.00. The lowest BCUT2D eigenvalue weighted by Gasteiger charge is -2.20. The third kappa shape index (κ3) is 10.4. The van der Waals surface area contributed by atoms with Gasteiger partial charge in [-0.3, -0.25) is 0 Å². The summed E-state index contributed by atoms with van der Waals surface area (Å²) in [7, 11) is -1.10. The maximum absolute atomic E-state index is 10.9. The number of aliphatic hydroxyl groups excluding tert-OH is 1. The Morgan fingerprint density at radius 2 is 2.06 bits per heavy atom. The van der Waals surface area contributed by atoms with E-state index in [-0.39, 0.29) is 5.75 Å². The zero-order valence-electron chi connectivity index (χ0n) is 10.4. The Bertz CT molecular complexity index is 267. The first-order valence-corrected chi connectivity index (χ1v) is 7.66. The van der Waals surface area contributed by atoms with Gasteiger partial charge in [0.25, 0.3) is 0 Å². The fraction of sp³-hybridized carbons (Fsp3) is 1.00. The van der Waals surface area contributed by atoms with E-state index in [2.05, 4.69) is 12.2 Å². The lowest BCUT2D eigenvalue weighted by molar-refractivity contribution is 0.127. The van der Waals surface area contributed by atoms with Crippen LogP contribution in [0.3, 0.4) is 0 Å². The Hall–Kier alpha value is -0.170. The van der Waals surface area contributed by atoms with E-state index in [0.29, 0.717) is 19.6 Å². The molecule has 0 saturated heterocycles. The standard InChI is InChI=1S/C10H24N2O3S/c1-4-5-11-8-10(13)9-12(2)6-7-16(3,14)15/h10-11,13H,4-9H2,1-3H3. The van der Waals surface area contributed by atoms with Crippen molar-refractivity contribution in [2.24, 2.45) is 0 Å². The lowest BCUT2D eigenvalue weighted by Crippen LogP contribution is -2.38. The molecule has 0 aliphatic carbocycles. The Morgan fingerprint density at radius 3 is 2.56 bits per heavy atom. The number of likely N-dealkylation sites (N-methyl/N-ethyl adjacent to an activating group) is 1. The van der Waals surface area contributed by atoms with Crippen LogP contribution in [0.2, 0.25) is 0 Å². The predicted octanol–water partition coefficient (Wildman–Crippen LogP) is -0.677. The second-order valence-electron chi connectivity index (χ2n) is 4.25. The largest absolute Gasteiger partial charge is 0.390 e. The van der Waals surface area contributed by atoms with Crippen LogP contribution in [0.5, 0.6) is 0 Å². The Morgan fingerprint density at radius 1 is 1.44 bits per heavy atom. The van der Waals surface area contributed by atoms with Crippen molar-refractivity contribution in [2.75, 3.05) is 45.2 Å². The van der Waals surface area contributed by atoms with Crippen LogP contribution >= 0.6 is 0 Å². The minimum Gasteiger partial charge on any atom is -0.390 e. The second-order valence-corrected chi connectivity index (χ2v) is 6.51.